The van der Waals surface area contributed by atoms with E-state index in [1.165, 1.54) is 5.57 Å². The average molecular weight is 489 g/mol. The summed E-state index contributed by atoms with van der Waals surface area (Å²) in [4.78, 5) is 12.8. The zero-order valence-corrected chi connectivity index (χ0v) is 22.7. The molecular weight excluding hydrogens is 440 g/mol. The van der Waals surface area contributed by atoms with Crippen LogP contribution in [-0.4, -0.2) is 45.2 Å². The van der Waals surface area contributed by atoms with Crippen molar-refractivity contribution in [3.05, 3.63) is 11.6 Å². The molecule has 0 heterocycles. The van der Waals surface area contributed by atoms with Gasteiger partial charge in [0.15, 0.2) is 0 Å². The van der Waals surface area contributed by atoms with Gasteiger partial charge in [-0.05, 0) is 97.2 Å². The van der Waals surface area contributed by atoms with Crippen molar-refractivity contribution in [2.24, 2.45) is 56.7 Å². The van der Waals surface area contributed by atoms with Crippen molar-refractivity contribution in [3.63, 3.8) is 0 Å². The molecule has 0 spiro atoms. The second-order valence-electron chi connectivity index (χ2n) is 14.5. The lowest BCUT2D eigenvalue weighted by Gasteiger charge is -2.71. The van der Waals surface area contributed by atoms with Crippen LogP contribution in [-0.2, 0) is 4.79 Å². The molecule has 0 radical (unpaired) electrons. The van der Waals surface area contributed by atoms with Gasteiger partial charge in [-0.15, -0.1) is 0 Å². The summed E-state index contributed by atoms with van der Waals surface area (Å²) < 4.78 is 0. The predicted octanol–water partition coefficient (Wildman–Crippen LogP) is 5.03. The summed E-state index contributed by atoms with van der Waals surface area (Å²) in [5, 5.41) is 42.9. The molecule has 35 heavy (non-hydrogen) atoms. The van der Waals surface area contributed by atoms with Gasteiger partial charge >= 0.3 is 5.97 Å². The molecule has 5 aliphatic rings. The fraction of sp³-hybridized carbons (Fsp3) is 0.900. The number of carboxylic acids is 1. The van der Waals surface area contributed by atoms with E-state index in [-0.39, 0.29) is 34.7 Å². The topological polar surface area (TPSA) is 98.0 Å². The summed E-state index contributed by atoms with van der Waals surface area (Å²) in [6, 6.07) is 0. The molecular formula is C30H48O5. The third-order valence-electron chi connectivity index (χ3n) is 13.5. The maximum atomic E-state index is 12.8. The lowest BCUT2D eigenvalue weighted by Crippen LogP contribution is -2.68. The van der Waals surface area contributed by atoms with E-state index in [4.69, 9.17) is 0 Å². The summed E-state index contributed by atoms with van der Waals surface area (Å²) in [6.07, 6.45) is 7.51. The van der Waals surface area contributed by atoms with Gasteiger partial charge in [-0.2, -0.15) is 0 Å². The highest BCUT2D eigenvalue weighted by Gasteiger charge is 2.70. The van der Waals surface area contributed by atoms with Crippen LogP contribution in [0.5, 0.6) is 0 Å². The standard InChI is InChI=1S/C30H48O5/c1-17-9-12-30(25(34)35)14-13-28(5)19(23(30)18(17)2)7-8-22-26(3)15-20(32)24(33)27(4,16-31)21(26)10-11-29(22,28)6/h7,17-18,20-24,31-33H,8-16H2,1-6H3,(H,34,35)/t17-,18+,20+,21-,22-,23-,24+,26-,27-,28-,29+,30+/m1/s1. The van der Waals surface area contributed by atoms with Crippen LogP contribution in [0.25, 0.3) is 0 Å². The van der Waals surface area contributed by atoms with Crippen LogP contribution in [0.15, 0.2) is 11.6 Å². The number of aliphatic hydroxyl groups excluding tert-OH is 3. The van der Waals surface area contributed by atoms with Gasteiger partial charge in [-0.25, -0.2) is 0 Å². The Morgan fingerprint density at radius 2 is 1.69 bits per heavy atom. The third-order valence-corrected chi connectivity index (χ3v) is 13.5. The van der Waals surface area contributed by atoms with Crippen molar-refractivity contribution in [1.29, 1.82) is 0 Å². The number of allylic oxidation sites excluding steroid dienone is 2. The van der Waals surface area contributed by atoms with E-state index >= 15 is 0 Å². The Morgan fingerprint density at radius 1 is 1.00 bits per heavy atom. The third kappa shape index (κ3) is 2.95. The van der Waals surface area contributed by atoms with Crippen LogP contribution < -0.4 is 0 Å². The molecule has 0 saturated heterocycles. The molecule has 0 aromatic heterocycles. The smallest absolute Gasteiger partial charge is 0.310 e. The first-order valence-electron chi connectivity index (χ1n) is 14.1. The Kier molecular flexibility index (Phi) is 5.73. The first-order valence-corrected chi connectivity index (χ1v) is 14.1. The van der Waals surface area contributed by atoms with Gasteiger partial charge in [0.1, 0.15) is 0 Å². The van der Waals surface area contributed by atoms with Gasteiger partial charge in [0, 0.05) is 5.41 Å². The molecule has 5 rings (SSSR count). The molecule has 0 aromatic carbocycles. The molecule has 4 N–H and O–H groups in total. The molecule has 0 bridgehead atoms. The van der Waals surface area contributed by atoms with Crippen molar-refractivity contribution in [1.82, 2.24) is 0 Å². The molecule has 5 nitrogen and oxygen atoms in total. The van der Waals surface area contributed by atoms with Crippen LogP contribution in [0.2, 0.25) is 0 Å². The highest BCUT2D eigenvalue weighted by atomic mass is 16.4. The second-order valence-corrected chi connectivity index (χ2v) is 14.5. The first kappa shape index (κ1) is 25.7. The van der Waals surface area contributed by atoms with E-state index in [0.717, 1.165) is 44.9 Å². The van der Waals surface area contributed by atoms with Gasteiger partial charge < -0.3 is 20.4 Å². The molecule has 5 heteroatoms. The Balaban J connectivity index is 1.62. The minimum atomic E-state index is -0.907. The number of aliphatic carboxylic acids is 1. The molecule has 5 aliphatic carbocycles. The summed E-state index contributed by atoms with van der Waals surface area (Å²) in [5.41, 5.74) is -0.214. The van der Waals surface area contributed by atoms with Gasteiger partial charge in [0.25, 0.3) is 0 Å². The predicted molar refractivity (Wildman–Crippen MR) is 135 cm³/mol. The number of fused-ring (bicyclic) bond motifs is 7. The monoisotopic (exact) mass is 488 g/mol. The maximum Gasteiger partial charge on any atom is 0.310 e. The lowest BCUT2D eigenvalue weighted by molar-refractivity contribution is -0.244. The summed E-state index contributed by atoms with van der Waals surface area (Å²) in [7, 11) is 0. The van der Waals surface area contributed by atoms with E-state index in [0.29, 0.717) is 24.2 Å². The van der Waals surface area contributed by atoms with E-state index in [1.807, 2.05) is 6.92 Å². The van der Waals surface area contributed by atoms with Gasteiger partial charge in [-0.3, -0.25) is 4.79 Å². The van der Waals surface area contributed by atoms with E-state index in [1.54, 1.807) is 0 Å². The molecule has 0 amide bonds. The van der Waals surface area contributed by atoms with Crippen LogP contribution in [0, 0.1) is 56.7 Å². The Labute approximate surface area is 211 Å². The van der Waals surface area contributed by atoms with Crippen LogP contribution >= 0.6 is 0 Å². The number of aliphatic hydroxyl groups is 3. The Morgan fingerprint density at radius 3 is 2.31 bits per heavy atom. The molecule has 198 valence electrons. The lowest BCUT2D eigenvalue weighted by atomic mass is 9.33. The van der Waals surface area contributed by atoms with Crippen LogP contribution in [0.4, 0.5) is 0 Å². The number of hydrogen-bond acceptors (Lipinski definition) is 4. The minimum Gasteiger partial charge on any atom is -0.481 e. The second kappa shape index (κ2) is 7.80. The number of carboxylic acid groups (broad SMARTS) is 1. The zero-order chi connectivity index (χ0) is 25.8. The van der Waals surface area contributed by atoms with Crippen LogP contribution in [0.1, 0.15) is 92.9 Å². The zero-order valence-electron chi connectivity index (χ0n) is 22.7. The molecule has 4 saturated carbocycles. The van der Waals surface area contributed by atoms with Crippen molar-refractivity contribution in [2.75, 3.05) is 6.61 Å². The number of rotatable bonds is 2. The van der Waals surface area contributed by atoms with E-state index in [2.05, 4.69) is 40.7 Å². The molecule has 4 fully saturated rings. The highest BCUT2D eigenvalue weighted by Crippen LogP contribution is 2.75. The fourth-order valence-corrected chi connectivity index (χ4v) is 11.0. The summed E-state index contributed by atoms with van der Waals surface area (Å²) in [6.45, 7) is 13.6. The van der Waals surface area contributed by atoms with Crippen molar-refractivity contribution in [2.45, 2.75) is 105 Å². The van der Waals surface area contributed by atoms with E-state index < -0.39 is 29.0 Å². The van der Waals surface area contributed by atoms with Crippen molar-refractivity contribution in [3.8, 4) is 0 Å². The van der Waals surface area contributed by atoms with Crippen LogP contribution in [0.3, 0.4) is 0 Å². The van der Waals surface area contributed by atoms with Crippen molar-refractivity contribution < 1.29 is 25.2 Å². The highest BCUT2D eigenvalue weighted by molar-refractivity contribution is 5.76. The Bertz CT molecular complexity index is 930. The quantitative estimate of drug-likeness (QED) is 0.409. The largest absolute Gasteiger partial charge is 0.481 e. The number of carbonyl (C=O) groups is 1. The number of hydrogen-bond donors (Lipinski definition) is 4. The average Bonchev–Trinajstić information content (AvgIpc) is 2.80. The Hall–Kier alpha value is -0.910. The molecule has 0 aliphatic heterocycles. The molecule has 0 unspecified atom stereocenters. The van der Waals surface area contributed by atoms with Crippen molar-refractivity contribution >= 4 is 5.97 Å². The van der Waals surface area contributed by atoms with Gasteiger partial charge in [0.2, 0.25) is 0 Å². The molecule has 0 aromatic rings. The minimum absolute atomic E-state index is 0.00815. The van der Waals surface area contributed by atoms with Gasteiger partial charge in [0.05, 0.1) is 24.2 Å². The summed E-state index contributed by atoms with van der Waals surface area (Å²) in [5.74, 6) is 0.828. The normalized spacial score (nSPS) is 57.7. The SMILES string of the molecule is C[C@H]1[C@H](C)CC[C@]2(C(=O)O)CC[C@]3(C)C(=CC[C@@H]4[C@]5(C)C[C@H](O)[C@H](O)[C@](C)(CO)[C@@H]5CC[C@@]43C)[C@@H]12. The first-order chi connectivity index (χ1) is 16.2. The van der Waals surface area contributed by atoms with Gasteiger partial charge in [-0.1, -0.05) is 53.2 Å². The van der Waals surface area contributed by atoms with E-state index in [9.17, 15) is 25.2 Å². The maximum absolute atomic E-state index is 12.8. The summed E-state index contributed by atoms with van der Waals surface area (Å²) >= 11 is 0. The fourth-order valence-electron chi connectivity index (χ4n) is 11.0. The molecule has 12 atom stereocenters.